The minimum absolute atomic E-state index is 0.0234. The number of allylic oxidation sites excluding steroid dienone is 3. The van der Waals surface area contributed by atoms with E-state index in [0.717, 1.165) is 30.9 Å². The highest BCUT2D eigenvalue weighted by atomic mass is 16.3. The maximum absolute atomic E-state index is 14.5. The third-order valence-corrected chi connectivity index (χ3v) is 10.1. The number of Topliss-reactive ketones (excluding diaryl/α,β-unsaturated/α-hetero) is 3. The molecule has 0 amide bonds. The molecule has 0 aromatic heterocycles. The van der Waals surface area contributed by atoms with Crippen LogP contribution < -0.4 is 0 Å². The van der Waals surface area contributed by atoms with Crippen molar-refractivity contribution in [1.82, 2.24) is 0 Å². The van der Waals surface area contributed by atoms with Crippen LogP contribution >= 0.6 is 0 Å². The molecule has 1 aromatic rings. The summed E-state index contributed by atoms with van der Waals surface area (Å²) in [6.45, 7) is 12.3. The number of phenols is 1. The monoisotopic (exact) mass is 548 g/mol. The van der Waals surface area contributed by atoms with Crippen LogP contribution in [0, 0.1) is 22.7 Å². The smallest absolute Gasteiger partial charge is 0.203 e. The molecular formula is C33H40O7. The second-order valence-corrected chi connectivity index (χ2v) is 13.5. The van der Waals surface area contributed by atoms with E-state index in [4.69, 9.17) is 0 Å². The van der Waals surface area contributed by atoms with Gasteiger partial charge in [-0.15, -0.1) is 0 Å². The first-order chi connectivity index (χ1) is 18.5. The number of carbonyl (C=O) groups is 3. The van der Waals surface area contributed by atoms with E-state index in [9.17, 15) is 34.8 Å². The Kier molecular flexibility index (Phi) is 6.31. The van der Waals surface area contributed by atoms with E-state index in [1.807, 2.05) is 32.9 Å². The fourth-order valence-electron chi connectivity index (χ4n) is 8.52. The number of rotatable bonds is 4. The molecule has 2 unspecified atom stereocenters. The minimum Gasteiger partial charge on any atom is -0.508 e. The zero-order valence-corrected chi connectivity index (χ0v) is 24.4. The highest BCUT2D eigenvalue weighted by Crippen LogP contribution is 2.65. The van der Waals surface area contributed by atoms with Crippen molar-refractivity contribution in [3.8, 4) is 5.75 Å². The Morgan fingerprint density at radius 1 is 1.07 bits per heavy atom. The number of fused-ring (bicyclic) bond motifs is 3. The highest BCUT2D eigenvalue weighted by molar-refractivity contribution is 6.24. The number of aliphatic hydroxyl groups is 3. The molecule has 7 nitrogen and oxygen atoms in total. The number of hydrogen-bond acceptors (Lipinski definition) is 7. The third kappa shape index (κ3) is 3.42. The van der Waals surface area contributed by atoms with Crippen molar-refractivity contribution < 1.29 is 34.8 Å². The summed E-state index contributed by atoms with van der Waals surface area (Å²) in [4.78, 5) is 40.7. The van der Waals surface area contributed by atoms with Gasteiger partial charge < -0.3 is 20.4 Å². The zero-order valence-electron chi connectivity index (χ0n) is 24.4. The van der Waals surface area contributed by atoms with Crippen LogP contribution in [0.25, 0.3) is 5.76 Å². The maximum atomic E-state index is 14.5. The summed E-state index contributed by atoms with van der Waals surface area (Å²) in [5.41, 5.74) is -3.13. The Bertz CT molecular complexity index is 1460. The Morgan fingerprint density at radius 2 is 1.73 bits per heavy atom. The molecule has 0 spiro atoms. The second kappa shape index (κ2) is 8.90. The van der Waals surface area contributed by atoms with Gasteiger partial charge >= 0.3 is 0 Å². The van der Waals surface area contributed by atoms with Crippen molar-refractivity contribution in [1.29, 1.82) is 0 Å². The first kappa shape index (κ1) is 28.3. The first-order valence-electron chi connectivity index (χ1n) is 14.3. The fraction of sp³-hybridized carbons (Fsp3) is 0.545. The summed E-state index contributed by atoms with van der Waals surface area (Å²) in [6, 6.07) is 2.01. The van der Waals surface area contributed by atoms with E-state index < -0.39 is 56.8 Å². The lowest BCUT2D eigenvalue weighted by Gasteiger charge is -2.60. The van der Waals surface area contributed by atoms with Crippen molar-refractivity contribution in [2.75, 3.05) is 0 Å². The molecule has 1 aromatic carbocycles. The van der Waals surface area contributed by atoms with E-state index in [-0.39, 0.29) is 41.1 Å². The molecular weight excluding hydrogens is 508 g/mol. The number of carbonyl (C=O) groups excluding carboxylic acids is 3. The molecule has 0 bridgehead atoms. The van der Waals surface area contributed by atoms with Gasteiger partial charge in [0.25, 0.3) is 0 Å². The van der Waals surface area contributed by atoms with E-state index in [0.29, 0.717) is 12.0 Å². The van der Waals surface area contributed by atoms with Crippen molar-refractivity contribution >= 4 is 23.1 Å². The van der Waals surface area contributed by atoms with Crippen molar-refractivity contribution in [3.05, 3.63) is 57.4 Å². The molecule has 4 N–H and O–H groups in total. The Hall–Kier alpha value is -3.19. The number of aromatic hydroxyl groups is 1. The average Bonchev–Trinajstić information content (AvgIpc) is 3.35. The molecule has 7 heteroatoms. The summed E-state index contributed by atoms with van der Waals surface area (Å²) in [5.74, 6) is -4.92. The summed E-state index contributed by atoms with van der Waals surface area (Å²) >= 11 is 0. The fourth-order valence-corrected chi connectivity index (χ4v) is 8.52. The van der Waals surface area contributed by atoms with Crippen molar-refractivity contribution in [3.63, 3.8) is 0 Å². The van der Waals surface area contributed by atoms with Crippen LogP contribution in [0.2, 0.25) is 0 Å². The molecule has 0 aliphatic heterocycles. The second-order valence-electron chi connectivity index (χ2n) is 13.5. The van der Waals surface area contributed by atoms with Crippen LogP contribution in [-0.2, 0) is 20.8 Å². The molecule has 5 atom stereocenters. The van der Waals surface area contributed by atoms with E-state index in [1.165, 1.54) is 0 Å². The van der Waals surface area contributed by atoms with Crippen LogP contribution in [0.5, 0.6) is 5.75 Å². The quantitative estimate of drug-likeness (QED) is 0.278. The van der Waals surface area contributed by atoms with Crippen molar-refractivity contribution in [2.24, 2.45) is 22.7 Å². The van der Waals surface area contributed by atoms with Gasteiger partial charge in [0.2, 0.25) is 5.78 Å². The van der Waals surface area contributed by atoms with Gasteiger partial charge in [0, 0.05) is 33.8 Å². The normalized spacial score (nSPS) is 33.5. The lowest BCUT2D eigenvalue weighted by atomic mass is 9.43. The SMILES string of the molecule is CC(=O)C1=C(O)[C@]2(O)C(=O)C3=C(O)c4c(O)c(C5C=CCC5)cc(C(C)C)c4C[C@]3(C)C[C@]2(C)C(C(C)C)C1=O. The first-order valence-corrected chi connectivity index (χ1v) is 14.3. The zero-order chi connectivity index (χ0) is 29.7. The summed E-state index contributed by atoms with van der Waals surface area (Å²) in [6.07, 6.45) is 6.20. The number of ketones is 3. The summed E-state index contributed by atoms with van der Waals surface area (Å²) in [5, 5.41) is 47.0. The van der Waals surface area contributed by atoms with Gasteiger partial charge in [-0.05, 0) is 55.6 Å². The number of benzene rings is 1. The van der Waals surface area contributed by atoms with Crippen molar-refractivity contribution in [2.45, 2.75) is 91.6 Å². The molecule has 0 radical (unpaired) electrons. The third-order valence-electron chi connectivity index (χ3n) is 10.1. The van der Waals surface area contributed by atoms with Crippen LogP contribution in [-0.4, -0.2) is 43.4 Å². The maximum Gasteiger partial charge on any atom is 0.203 e. The van der Waals surface area contributed by atoms with Gasteiger partial charge in [-0.3, -0.25) is 14.4 Å². The molecule has 0 heterocycles. The number of hydrogen-bond donors (Lipinski definition) is 4. The van der Waals surface area contributed by atoms with Crippen LogP contribution in [0.15, 0.2) is 35.1 Å². The molecule has 1 saturated carbocycles. The number of aliphatic hydroxyl groups excluding tert-OH is 2. The molecule has 0 saturated heterocycles. The van der Waals surface area contributed by atoms with Crippen LogP contribution in [0.1, 0.15) is 102 Å². The molecule has 4 aliphatic rings. The van der Waals surface area contributed by atoms with Gasteiger partial charge in [-0.1, -0.05) is 59.8 Å². The lowest BCUT2D eigenvalue weighted by molar-refractivity contribution is -0.178. The van der Waals surface area contributed by atoms with Gasteiger partial charge in [0.05, 0.1) is 5.56 Å². The van der Waals surface area contributed by atoms with E-state index in [2.05, 4.69) is 6.08 Å². The van der Waals surface area contributed by atoms with E-state index >= 15 is 0 Å². The van der Waals surface area contributed by atoms with Gasteiger partial charge in [0.15, 0.2) is 17.2 Å². The van der Waals surface area contributed by atoms with E-state index in [1.54, 1.807) is 20.8 Å². The Balaban J connectivity index is 1.84. The minimum atomic E-state index is -2.60. The van der Waals surface area contributed by atoms with Gasteiger partial charge in [0.1, 0.15) is 22.8 Å². The van der Waals surface area contributed by atoms with Crippen LogP contribution in [0.3, 0.4) is 0 Å². The predicted octanol–water partition coefficient (Wildman–Crippen LogP) is 5.75. The summed E-state index contributed by atoms with van der Waals surface area (Å²) in [7, 11) is 0. The Morgan fingerprint density at radius 3 is 2.25 bits per heavy atom. The van der Waals surface area contributed by atoms with Gasteiger partial charge in [-0.25, -0.2) is 0 Å². The average molecular weight is 549 g/mol. The molecule has 1 fully saturated rings. The predicted molar refractivity (Wildman–Crippen MR) is 151 cm³/mol. The lowest BCUT2D eigenvalue weighted by Crippen LogP contribution is -2.69. The van der Waals surface area contributed by atoms with Crippen LogP contribution in [0.4, 0.5) is 0 Å². The summed E-state index contributed by atoms with van der Waals surface area (Å²) < 4.78 is 0. The highest BCUT2D eigenvalue weighted by Gasteiger charge is 2.72. The van der Waals surface area contributed by atoms with Gasteiger partial charge in [-0.2, -0.15) is 0 Å². The standard InChI is InChI=1S/C33H40O7/c1-15(2)19-12-20(18-10-8-9-11-18)26(35)23-21(19)13-31(6)14-32(7)24(16(3)4)27(36)22(17(5)34)29(38)33(32,40)30(39)25(31)28(23)37/h8,10,12,15-16,18,24,35,37-38,40H,9,11,13-14H2,1-7H3/t18?,24?,31-,32-,33+/m1/s1. The molecule has 4 aliphatic carbocycles. The molecule has 214 valence electrons. The topological polar surface area (TPSA) is 132 Å². The Labute approximate surface area is 235 Å². The molecule has 5 rings (SSSR count). The largest absolute Gasteiger partial charge is 0.508 e. The molecule has 40 heavy (non-hydrogen) atoms. The number of phenolic OH excluding ortho intramolecular Hbond substituents is 1.